The Balaban J connectivity index is 1.84. The number of rotatable bonds is 7. The third-order valence-corrected chi connectivity index (χ3v) is 8.06. The standard InChI is InChI=1S/C19H20N4O3S3/c1-13(2)23(3)29(25,26)15-8-6-7-14(11-15)18(24)21-16-9-4-5-10-17(16)28-19-22-20-12-27-19/h4-13H,1-3H3,(H,21,24). The summed E-state index contributed by atoms with van der Waals surface area (Å²) >= 11 is 2.81. The van der Waals surface area contributed by atoms with E-state index in [1.54, 1.807) is 37.6 Å². The maximum Gasteiger partial charge on any atom is 0.255 e. The molecule has 0 atom stereocenters. The highest BCUT2D eigenvalue weighted by Crippen LogP contribution is 2.34. The first-order valence-corrected chi connectivity index (χ1v) is 11.8. The second-order valence-corrected chi connectivity index (χ2v) is 10.5. The first kappa shape index (κ1) is 21.4. The van der Waals surface area contributed by atoms with Crippen molar-refractivity contribution in [3.05, 3.63) is 59.6 Å². The van der Waals surface area contributed by atoms with Crippen molar-refractivity contribution >= 4 is 44.7 Å². The molecule has 1 amide bonds. The molecule has 10 heteroatoms. The van der Waals surface area contributed by atoms with Crippen LogP contribution in [0.1, 0.15) is 24.2 Å². The molecular weight excluding hydrogens is 428 g/mol. The van der Waals surface area contributed by atoms with Gasteiger partial charge in [-0.2, -0.15) is 4.31 Å². The molecule has 0 radical (unpaired) electrons. The Kier molecular flexibility index (Phi) is 6.68. The number of hydrogen-bond acceptors (Lipinski definition) is 7. The number of sulfonamides is 1. The van der Waals surface area contributed by atoms with Gasteiger partial charge in [0.15, 0.2) is 4.34 Å². The Morgan fingerprint density at radius 1 is 1.17 bits per heavy atom. The van der Waals surface area contributed by atoms with Crippen molar-refractivity contribution in [2.24, 2.45) is 0 Å². The number of para-hydroxylation sites is 1. The predicted molar refractivity (Wildman–Crippen MR) is 115 cm³/mol. The molecule has 29 heavy (non-hydrogen) atoms. The fourth-order valence-electron chi connectivity index (χ4n) is 2.40. The largest absolute Gasteiger partial charge is 0.321 e. The van der Waals surface area contributed by atoms with Crippen molar-refractivity contribution in [3.63, 3.8) is 0 Å². The van der Waals surface area contributed by atoms with Crippen LogP contribution in [0.5, 0.6) is 0 Å². The summed E-state index contributed by atoms with van der Waals surface area (Å²) in [5, 5.41) is 10.7. The van der Waals surface area contributed by atoms with Gasteiger partial charge in [-0.05, 0) is 44.2 Å². The molecule has 0 fully saturated rings. The van der Waals surface area contributed by atoms with Crippen molar-refractivity contribution < 1.29 is 13.2 Å². The maximum absolute atomic E-state index is 12.8. The van der Waals surface area contributed by atoms with E-state index in [1.165, 1.54) is 46.6 Å². The van der Waals surface area contributed by atoms with Crippen molar-refractivity contribution in [2.45, 2.75) is 34.0 Å². The van der Waals surface area contributed by atoms with Crippen molar-refractivity contribution in [3.8, 4) is 0 Å². The molecule has 0 aliphatic heterocycles. The van der Waals surface area contributed by atoms with Crippen LogP contribution in [-0.2, 0) is 10.0 Å². The smallest absolute Gasteiger partial charge is 0.255 e. The molecule has 7 nitrogen and oxygen atoms in total. The molecular formula is C19H20N4O3S3. The van der Waals surface area contributed by atoms with Crippen molar-refractivity contribution in [2.75, 3.05) is 12.4 Å². The summed E-state index contributed by atoms with van der Waals surface area (Å²) in [5.74, 6) is -0.389. The van der Waals surface area contributed by atoms with E-state index in [0.29, 0.717) is 5.69 Å². The first-order valence-electron chi connectivity index (χ1n) is 8.71. The van der Waals surface area contributed by atoms with Crippen LogP contribution in [0.2, 0.25) is 0 Å². The van der Waals surface area contributed by atoms with E-state index in [2.05, 4.69) is 15.5 Å². The van der Waals surface area contributed by atoms with Gasteiger partial charge in [-0.1, -0.05) is 41.3 Å². The van der Waals surface area contributed by atoms with Crippen molar-refractivity contribution in [1.82, 2.24) is 14.5 Å². The third-order valence-electron chi connectivity index (χ3n) is 4.17. The number of carbonyl (C=O) groups excluding carboxylic acids is 1. The summed E-state index contributed by atoms with van der Waals surface area (Å²) in [6, 6.07) is 13.2. The highest BCUT2D eigenvalue weighted by Gasteiger charge is 2.24. The average molecular weight is 449 g/mol. The second-order valence-electron chi connectivity index (χ2n) is 6.40. The molecule has 0 saturated carbocycles. The van der Waals surface area contributed by atoms with Crippen LogP contribution in [0, 0.1) is 0 Å². The summed E-state index contributed by atoms with van der Waals surface area (Å²) in [6.45, 7) is 3.58. The van der Waals surface area contributed by atoms with Crippen LogP contribution in [0.25, 0.3) is 0 Å². The van der Waals surface area contributed by atoms with Crippen LogP contribution in [0.4, 0.5) is 5.69 Å². The van der Waals surface area contributed by atoms with Crippen LogP contribution < -0.4 is 5.32 Å². The third kappa shape index (κ3) is 5.02. The fraction of sp³-hybridized carbons (Fsp3) is 0.211. The Labute approximate surface area is 178 Å². The molecule has 1 aromatic heterocycles. The topological polar surface area (TPSA) is 92.3 Å². The van der Waals surface area contributed by atoms with Gasteiger partial charge in [-0.15, -0.1) is 10.2 Å². The molecule has 0 spiro atoms. The lowest BCUT2D eigenvalue weighted by Crippen LogP contribution is -2.33. The zero-order valence-electron chi connectivity index (χ0n) is 16.1. The van der Waals surface area contributed by atoms with Gasteiger partial charge in [0.1, 0.15) is 5.51 Å². The van der Waals surface area contributed by atoms with Gasteiger partial charge in [0.2, 0.25) is 10.0 Å². The zero-order chi connectivity index (χ0) is 21.0. The average Bonchev–Trinajstić information content (AvgIpc) is 3.22. The summed E-state index contributed by atoms with van der Waals surface area (Å²) in [4.78, 5) is 13.7. The number of hydrogen-bond donors (Lipinski definition) is 1. The van der Waals surface area contributed by atoms with E-state index < -0.39 is 10.0 Å². The van der Waals surface area contributed by atoms with Gasteiger partial charge >= 0.3 is 0 Å². The minimum atomic E-state index is -3.67. The number of carbonyl (C=O) groups is 1. The van der Waals surface area contributed by atoms with E-state index in [0.717, 1.165) is 9.24 Å². The minimum absolute atomic E-state index is 0.0814. The predicted octanol–water partition coefficient (Wildman–Crippen LogP) is 3.97. The fourth-order valence-corrected chi connectivity index (χ4v) is 5.33. The van der Waals surface area contributed by atoms with Gasteiger partial charge < -0.3 is 5.32 Å². The summed E-state index contributed by atoms with van der Waals surface area (Å²) in [5.41, 5.74) is 2.52. The molecule has 0 aliphatic rings. The molecule has 0 saturated heterocycles. The highest BCUT2D eigenvalue weighted by atomic mass is 32.2. The lowest BCUT2D eigenvalue weighted by molar-refractivity contribution is 0.102. The highest BCUT2D eigenvalue weighted by molar-refractivity contribution is 8.01. The van der Waals surface area contributed by atoms with E-state index in [4.69, 9.17) is 0 Å². The van der Waals surface area contributed by atoms with Gasteiger partial charge in [-0.25, -0.2) is 8.42 Å². The van der Waals surface area contributed by atoms with Gasteiger partial charge in [0, 0.05) is 23.5 Å². The van der Waals surface area contributed by atoms with E-state index in [-0.39, 0.29) is 22.4 Å². The van der Waals surface area contributed by atoms with Crippen molar-refractivity contribution in [1.29, 1.82) is 0 Å². The van der Waals surface area contributed by atoms with Crippen LogP contribution >= 0.6 is 23.1 Å². The van der Waals surface area contributed by atoms with Crippen LogP contribution in [-0.4, -0.2) is 41.9 Å². The normalized spacial score (nSPS) is 11.8. The van der Waals surface area contributed by atoms with Gasteiger partial charge in [0.05, 0.1) is 10.6 Å². The molecule has 3 aromatic rings. The molecule has 3 rings (SSSR count). The Morgan fingerprint density at radius 2 is 1.93 bits per heavy atom. The minimum Gasteiger partial charge on any atom is -0.321 e. The molecule has 0 bridgehead atoms. The number of amides is 1. The number of anilines is 1. The number of nitrogens with one attached hydrogen (secondary N) is 1. The molecule has 1 N–H and O–H groups in total. The molecule has 2 aromatic carbocycles. The zero-order valence-corrected chi connectivity index (χ0v) is 18.5. The first-order chi connectivity index (χ1) is 13.8. The Bertz CT molecular complexity index is 1100. The molecule has 152 valence electrons. The van der Waals surface area contributed by atoms with E-state index in [1.807, 2.05) is 18.2 Å². The Morgan fingerprint density at radius 3 is 2.62 bits per heavy atom. The van der Waals surface area contributed by atoms with E-state index >= 15 is 0 Å². The molecule has 0 unspecified atom stereocenters. The quantitative estimate of drug-likeness (QED) is 0.588. The molecule has 1 heterocycles. The number of aromatic nitrogens is 2. The Hall–Kier alpha value is -2.27. The summed E-state index contributed by atoms with van der Waals surface area (Å²) in [7, 11) is -2.15. The van der Waals surface area contributed by atoms with E-state index in [9.17, 15) is 13.2 Å². The maximum atomic E-state index is 12.8. The van der Waals surface area contributed by atoms with Gasteiger partial charge in [0.25, 0.3) is 5.91 Å². The lowest BCUT2D eigenvalue weighted by atomic mass is 10.2. The number of nitrogens with zero attached hydrogens (tertiary/aromatic N) is 3. The second kappa shape index (κ2) is 9.04. The number of benzene rings is 2. The van der Waals surface area contributed by atoms with Crippen LogP contribution in [0.15, 0.2) is 68.2 Å². The molecule has 0 aliphatic carbocycles. The lowest BCUT2D eigenvalue weighted by Gasteiger charge is -2.21. The summed E-state index contributed by atoms with van der Waals surface area (Å²) < 4.78 is 27.5. The summed E-state index contributed by atoms with van der Waals surface area (Å²) in [6.07, 6.45) is 0. The van der Waals surface area contributed by atoms with Crippen LogP contribution in [0.3, 0.4) is 0 Å². The van der Waals surface area contributed by atoms with Gasteiger partial charge in [-0.3, -0.25) is 4.79 Å². The monoisotopic (exact) mass is 448 g/mol. The SMILES string of the molecule is CC(C)N(C)S(=O)(=O)c1cccc(C(=O)Nc2ccccc2Sc2nncs2)c1.